The summed E-state index contributed by atoms with van der Waals surface area (Å²) in [6.45, 7) is 1.88. The summed E-state index contributed by atoms with van der Waals surface area (Å²) in [5, 5.41) is 3.74. The molecule has 0 N–H and O–H groups in total. The molecule has 1 aromatic heterocycles. The number of halogens is 1. The van der Waals surface area contributed by atoms with Crippen LogP contribution in [0.25, 0.3) is 11.3 Å². The Morgan fingerprint density at radius 1 is 1.42 bits per heavy atom. The molecule has 1 aromatic carbocycles. The lowest BCUT2D eigenvalue weighted by Gasteiger charge is -2.26. The number of hydrogen-bond acceptors (Lipinski definition) is 6. The van der Waals surface area contributed by atoms with Crippen LogP contribution in [-0.4, -0.2) is 30.9 Å². The lowest BCUT2D eigenvalue weighted by atomic mass is 9.96. The van der Waals surface area contributed by atoms with Crippen LogP contribution in [-0.2, 0) is 4.74 Å². The lowest BCUT2D eigenvalue weighted by molar-refractivity contribution is 0.0502. The van der Waals surface area contributed by atoms with Gasteiger partial charge in [-0.25, -0.2) is 9.18 Å². The molecular formula is C17H18FNO5. The highest BCUT2D eigenvalue weighted by Gasteiger charge is 2.31. The van der Waals surface area contributed by atoms with Crippen molar-refractivity contribution in [3.05, 3.63) is 29.7 Å². The second-order valence-corrected chi connectivity index (χ2v) is 5.43. The third-order valence-corrected chi connectivity index (χ3v) is 3.87. The van der Waals surface area contributed by atoms with Crippen molar-refractivity contribution >= 4 is 5.97 Å². The summed E-state index contributed by atoms with van der Waals surface area (Å²) in [4.78, 5) is 12.1. The Morgan fingerprint density at radius 2 is 2.21 bits per heavy atom. The van der Waals surface area contributed by atoms with E-state index >= 15 is 0 Å². The van der Waals surface area contributed by atoms with E-state index in [9.17, 15) is 9.18 Å². The van der Waals surface area contributed by atoms with E-state index in [1.807, 2.05) is 0 Å². The van der Waals surface area contributed by atoms with Gasteiger partial charge >= 0.3 is 5.97 Å². The third-order valence-electron chi connectivity index (χ3n) is 3.87. The van der Waals surface area contributed by atoms with Crippen molar-refractivity contribution in [3.63, 3.8) is 0 Å². The van der Waals surface area contributed by atoms with Gasteiger partial charge in [0, 0.05) is 0 Å². The molecule has 1 saturated carbocycles. The molecule has 0 bridgehead atoms. The molecule has 0 saturated heterocycles. The minimum absolute atomic E-state index is 0.0370. The van der Waals surface area contributed by atoms with Gasteiger partial charge in [0.15, 0.2) is 0 Å². The highest BCUT2D eigenvalue weighted by atomic mass is 19.1. The van der Waals surface area contributed by atoms with Gasteiger partial charge in [-0.3, -0.25) is 0 Å². The largest absolute Gasteiger partial charge is 0.497 e. The fraction of sp³-hybridized carbons (Fsp3) is 0.412. The molecule has 0 radical (unpaired) electrons. The summed E-state index contributed by atoms with van der Waals surface area (Å²) < 4.78 is 35.4. The average Bonchev–Trinajstić information content (AvgIpc) is 2.95. The van der Waals surface area contributed by atoms with Crippen LogP contribution in [0.1, 0.15) is 36.7 Å². The summed E-state index contributed by atoms with van der Waals surface area (Å²) in [5.41, 5.74) is 0.0349. The lowest BCUT2D eigenvalue weighted by Crippen LogP contribution is -2.25. The van der Waals surface area contributed by atoms with Gasteiger partial charge in [-0.05, 0) is 44.4 Å². The quantitative estimate of drug-likeness (QED) is 0.751. The van der Waals surface area contributed by atoms with Gasteiger partial charge < -0.3 is 18.7 Å². The van der Waals surface area contributed by atoms with Crippen LogP contribution in [0.5, 0.6) is 11.5 Å². The molecule has 0 unspecified atom stereocenters. The second kappa shape index (κ2) is 6.90. The molecule has 1 fully saturated rings. The van der Waals surface area contributed by atoms with Crippen LogP contribution in [0.15, 0.2) is 22.7 Å². The fourth-order valence-electron chi connectivity index (χ4n) is 2.35. The predicted molar refractivity (Wildman–Crippen MR) is 82.7 cm³/mol. The van der Waals surface area contributed by atoms with Crippen molar-refractivity contribution in [2.45, 2.75) is 32.3 Å². The molecule has 1 aliphatic rings. The van der Waals surface area contributed by atoms with E-state index in [1.165, 1.54) is 25.3 Å². The summed E-state index contributed by atoms with van der Waals surface area (Å²) in [6.07, 6.45) is 2.75. The number of methoxy groups -OCH3 is 1. The topological polar surface area (TPSA) is 70.8 Å². The zero-order chi connectivity index (χ0) is 17.1. The Balaban J connectivity index is 2.04. The highest BCUT2D eigenvalue weighted by Crippen LogP contribution is 2.39. The number of carbonyl (C=O) groups excluding carboxylic acids is 1. The zero-order valence-corrected chi connectivity index (χ0v) is 13.5. The Morgan fingerprint density at radius 3 is 2.83 bits per heavy atom. The minimum Gasteiger partial charge on any atom is -0.497 e. The van der Waals surface area contributed by atoms with Gasteiger partial charge in [0.05, 0.1) is 25.4 Å². The van der Waals surface area contributed by atoms with Crippen molar-refractivity contribution in [2.24, 2.45) is 0 Å². The maximum atomic E-state index is 14.2. The van der Waals surface area contributed by atoms with Gasteiger partial charge in [0.1, 0.15) is 11.6 Å². The first-order valence-corrected chi connectivity index (χ1v) is 7.81. The Bertz CT molecular complexity index is 739. The van der Waals surface area contributed by atoms with Gasteiger partial charge in [-0.2, -0.15) is 0 Å². The van der Waals surface area contributed by atoms with Crippen molar-refractivity contribution < 1.29 is 27.9 Å². The molecule has 0 atom stereocenters. The minimum atomic E-state index is -0.662. The van der Waals surface area contributed by atoms with E-state index in [0.29, 0.717) is 5.75 Å². The fourth-order valence-corrected chi connectivity index (χ4v) is 2.35. The van der Waals surface area contributed by atoms with Crippen LogP contribution in [0.3, 0.4) is 0 Å². The molecule has 0 amide bonds. The first-order valence-electron chi connectivity index (χ1n) is 7.81. The molecular weight excluding hydrogens is 317 g/mol. The normalized spacial score (nSPS) is 14.1. The van der Waals surface area contributed by atoms with E-state index in [1.54, 1.807) is 6.92 Å². The average molecular weight is 335 g/mol. The molecule has 7 heteroatoms. The van der Waals surface area contributed by atoms with Crippen LogP contribution < -0.4 is 9.47 Å². The SMILES string of the molecule is CCOC(=O)c1noc(-c2cc(OC)ccc2F)c1OC1CCC1. The molecule has 0 aliphatic heterocycles. The number of esters is 1. The van der Waals surface area contributed by atoms with Gasteiger partial charge in [-0.1, -0.05) is 5.16 Å². The van der Waals surface area contributed by atoms with E-state index < -0.39 is 11.8 Å². The molecule has 3 rings (SSSR count). The molecule has 6 nitrogen and oxygen atoms in total. The predicted octanol–water partition coefficient (Wildman–Crippen LogP) is 3.60. The first-order chi connectivity index (χ1) is 11.6. The number of rotatable bonds is 6. The molecule has 2 aromatic rings. The summed E-state index contributed by atoms with van der Waals surface area (Å²) in [6, 6.07) is 4.22. The molecule has 1 aliphatic carbocycles. The van der Waals surface area contributed by atoms with Gasteiger partial charge in [0.2, 0.25) is 17.2 Å². The van der Waals surface area contributed by atoms with Crippen molar-refractivity contribution in [2.75, 3.05) is 13.7 Å². The molecule has 24 heavy (non-hydrogen) atoms. The number of carbonyl (C=O) groups is 1. The number of hydrogen-bond donors (Lipinski definition) is 0. The van der Waals surface area contributed by atoms with E-state index in [-0.39, 0.29) is 35.5 Å². The summed E-state index contributed by atoms with van der Waals surface area (Å²) >= 11 is 0. The van der Waals surface area contributed by atoms with Gasteiger partial charge in [-0.15, -0.1) is 0 Å². The maximum absolute atomic E-state index is 14.2. The number of ether oxygens (including phenoxy) is 3. The zero-order valence-electron chi connectivity index (χ0n) is 13.5. The Kier molecular flexibility index (Phi) is 4.69. The van der Waals surface area contributed by atoms with Crippen molar-refractivity contribution in [1.82, 2.24) is 5.16 Å². The maximum Gasteiger partial charge on any atom is 0.364 e. The highest BCUT2D eigenvalue weighted by molar-refractivity contribution is 5.92. The molecule has 0 spiro atoms. The number of benzene rings is 1. The summed E-state index contributed by atoms with van der Waals surface area (Å²) in [7, 11) is 1.48. The van der Waals surface area contributed by atoms with Crippen LogP contribution in [0.2, 0.25) is 0 Å². The van der Waals surface area contributed by atoms with E-state index in [0.717, 1.165) is 19.3 Å². The Hall–Kier alpha value is -2.57. The first kappa shape index (κ1) is 16.3. The summed E-state index contributed by atoms with van der Waals surface area (Å²) in [5.74, 6) is -0.562. The molecule has 1 heterocycles. The van der Waals surface area contributed by atoms with Gasteiger partial charge in [0.25, 0.3) is 0 Å². The second-order valence-electron chi connectivity index (χ2n) is 5.43. The van der Waals surface area contributed by atoms with Crippen molar-refractivity contribution in [3.8, 4) is 22.8 Å². The Labute approximate surface area is 138 Å². The van der Waals surface area contributed by atoms with E-state index in [4.69, 9.17) is 18.7 Å². The number of nitrogens with zero attached hydrogens (tertiary/aromatic N) is 1. The standard InChI is InChI=1S/C17H18FNO5/c1-3-22-17(20)14-16(23-10-5-4-6-10)15(24-19-14)12-9-11(21-2)7-8-13(12)18/h7-10H,3-6H2,1-2H3. The smallest absolute Gasteiger partial charge is 0.364 e. The van der Waals surface area contributed by atoms with Crippen molar-refractivity contribution in [1.29, 1.82) is 0 Å². The van der Waals surface area contributed by atoms with E-state index in [2.05, 4.69) is 5.16 Å². The van der Waals surface area contributed by atoms with Crippen LogP contribution in [0.4, 0.5) is 4.39 Å². The van der Waals surface area contributed by atoms with Crippen LogP contribution in [0, 0.1) is 5.82 Å². The molecule has 128 valence electrons. The number of aromatic nitrogens is 1. The monoisotopic (exact) mass is 335 g/mol. The van der Waals surface area contributed by atoms with Crippen LogP contribution >= 0.6 is 0 Å². The third kappa shape index (κ3) is 3.06.